The van der Waals surface area contributed by atoms with Crippen molar-refractivity contribution in [3.63, 3.8) is 0 Å². The summed E-state index contributed by atoms with van der Waals surface area (Å²) in [5, 5.41) is 14.8. The topological polar surface area (TPSA) is 121 Å². The zero-order chi connectivity index (χ0) is 25.3. The van der Waals surface area contributed by atoms with Crippen LogP contribution in [-0.2, 0) is 4.74 Å². The minimum absolute atomic E-state index is 0.0765. The molecule has 0 unspecified atom stereocenters. The lowest BCUT2D eigenvalue weighted by atomic mass is 9.97. The van der Waals surface area contributed by atoms with E-state index in [-0.39, 0.29) is 39.5 Å². The Hall–Kier alpha value is -4.73. The van der Waals surface area contributed by atoms with E-state index in [4.69, 9.17) is 13.9 Å². The molecule has 3 aromatic carbocycles. The third-order valence-electron chi connectivity index (χ3n) is 5.48. The van der Waals surface area contributed by atoms with E-state index in [1.54, 1.807) is 6.07 Å². The molecule has 0 aliphatic carbocycles. The number of furan rings is 1. The van der Waals surface area contributed by atoms with Gasteiger partial charge < -0.3 is 19.2 Å². The van der Waals surface area contributed by atoms with Crippen molar-refractivity contribution in [1.82, 2.24) is 5.32 Å². The molecule has 1 aromatic heterocycles. The van der Waals surface area contributed by atoms with Gasteiger partial charge in [-0.05, 0) is 48.0 Å². The molecular formula is C25H19FN2O7. The van der Waals surface area contributed by atoms with Gasteiger partial charge in [0.1, 0.15) is 28.5 Å². The summed E-state index contributed by atoms with van der Waals surface area (Å²) in [6, 6.07) is 12.5. The first-order valence-corrected chi connectivity index (χ1v) is 10.3. The van der Waals surface area contributed by atoms with Crippen LogP contribution in [0.15, 0.2) is 59.0 Å². The molecule has 0 aliphatic rings. The summed E-state index contributed by atoms with van der Waals surface area (Å²) < 4.78 is 29.3. The van der Waals surface area contributed by atoms with Gasteiger partial charge in [0.25, 0.3) is 11.6 Å². The third kappa shape index (κ3) is 4.17. The van der Waals surface area contributed by atoms with E-state index in [2.05, 4.69) is 5.32 Å². The maximum atomic E-state index is 13.5. The molecule has 0 radical (unpaired) electrons. The number of carbonyl (C=O) groups excluding carboxylic acids is 2. The highest BCUT2D eigenvalue weighted by Crippen LogP contribution is 2.41. The van der Waals surface area contributed by atoms with Gasteiger partial charge in [-0.15, -0.1) is 0 Å². The molecule has 4 rings (SSSR count). The van der Waals surface area contributed by atoms with Crippen molar-refractivity contribution < 1.29 is 32.8 Å². The minimum Gasteiger partial charge on any atom is -0.496 e. The predicted octanol–water partition coefficient (Wildman–Crippen LogP) is 4.97. The summed E-state index contributed by atoms with van der Waals surface area (Å²) in [6.07, 6.45) is 0. The van der Waals surface area contributed by atoms with Crippen LogP contribution >= 0.6 is 0 Å². The van der Waals surface area contributed by atoms with E-state index in [0.717, 1.165) is 0 Å². The smallest absolute Gasteiger partial charge is 0.341 e. The largest absolute Gasteiger partial charge is 0.496 e. The number of fused-ring (bicyclic) bond motifs is 1. The average Bonchev–Trinajstić information content (AvgIpc) is 3.25. The van der Waals surface area contributed by atoms with Gasteiger partial charge in [0.05, 0.1) is 36.3 Å². The normalized spacial score (nSPS) is 10.7. The van der Waals surface area contributed by atoms with Crippen molar-refractivity contribution in [3.05, 3.63) is 81.7 Å². The molecule has 1 N–H and O–H groups in total. The molecule has 1 heterocycles. The van der Waals surface area contributed by atoms with Crippen LogP contribution in [0.2, 0.25) is 0 Å². The highest BCUT2D eigenvalue weighted by atomic mass is 19.1. The highest BCUT2D eigenvalue weighted by molar-refractivity contribution is 6.12. The molecule has 0 aliphatic heterocycles. The molecule has 0 fully saturated rings. The number of esters is 1. The minimum atomic E-state index is -0.680. The lowest BCUT2D eigenvalue weighted by Gasteiger charge is -2.10. The lowest BCUT2D eigenvalue weighted by Crippen LogP contribution is -2.18. The Labute approximate surface area is 198 Å². The Bertz CT molecular complexity index is 1480. The molecule has 0 saturated heterocycles. The number of nitro groups is 1. The second kappa shape index (κ2) is 9.26. The van der Waals surface area contributed by atoms with Crippen LogP contribution in [0, 0.1) is 15.9 Å². The van der Waals surface area contributed by atoms with Crippen molar-refractivity contribution in [2.24, 2.45) is 0 Å². The van der Waals surface area contributed by atoms with E-state index in [0.29, 0.717) is 16.5 Å². The molecular weight excluding hydrogens is 459 g/mol. The zero-order valence-corrected chi connectivity index (χ0v) is 18.9. The number of halogens is 1. The highest BCUT2D eigenvalue weighted by Gasteiger charge is 2.27. The first-order valence-electron chi connectivity index (χ1n) is 10.3. The van der Waals surface area contributed by atoms with Crippen molar-refractivity contribution in [1.29, 1.82) is 0 Å². The standard InChI is InChI=1S/C25H19FN2O7/c1-27-24(29)22-17-11-16(14-6-9-20(33-2)18(10-14)25(30)34-3)19(28(31)32)12-21(17)35-23(22)13-4-7-15(26)8-5-13/h4-12H,1-3H3,(H,27,29). The van der Waals surface area contributed by atoms with Gasteiger partial charge >= 0.3 is 5.97 Å². The van der Waals surface area contributed by atoms with E-state index in [1.165, 1.54) is 69.8 Å². The molecule has 35 heavy (non-hydrogen) atoms. The van der Waals surface area contributed by atoms with Crippen LogP contribution in [0.1, 0.15) is 20.7 Å². The molecule has 1 amide bonds. The number of methoxy groups -OCH3 is 2. The van der Waals surface area contributed by atoms with E-state index in [1.807, 2.05) is 0 Å². The summed E-state index contributed by atoms with van der Waals surface area (Å²) in [6.45, 7) is 0. The molecule has 0 bridgehead atoms. The van der Waals surface area contributed by atoms with Crippen LogP contribution in [0.4, 0.5) is 10.1 Å². The van der Waals surface area contributed by atoms with Crippen LogP contribution < -0.4 is 10.1 Å². The summed E-state index contributed by atoms with van der Waals surface area (Å²) in [5.74, 6) is -1.27. The molecule has 9 nitrogen and oxygen atoms in total. The molecule has 178 valence electrons. The van der Waals surface area contributed by atoms with Crippen LogP contribution in [0.3, 0.4) is 0 Å². The maximum Gasteiger partial charge on any atom is 0.341 e. The number of benzene rings is 3. The third-order valence-corrected chi connectivity index (χ3v) is 5.48. The molecule has 0 spiro atoms. The number of hydrogen-bond acceptors (Lipinski definition) is 7. The van der Waals surface area contributed by atoms with Gasteiger partial charge in [-0.25, -0.2) is 9.18 Å². The number of rotatable bonds is 6. The molecule has 10 heteroatoms. The average molecular weight is 478 g/mol. The van der Waals surface area contributed by atoms with Gasteiger partial charge in [-0.3, -0.25) is 14.9 Å². The number of hydrogen-bond donors (Lipinski definition) is 1. The summed E-state index contributed by atoms with van der Waals surface area (Å²) >= 11 is 0. The number of ether oxygens (including phenoxy) is 2. The fourth-order valence-corrected chi connectivity index (χ4v) is 3.81. The number of carbonyl (C=O) groups is 2. The fraction of sp³-hybridized carbons (Fsp3) is 0.120. The second-order valence-corrected chi connectivity index (χ2v) is 7.42. The fourth-order valence-electron chi connectivity index (χ4n) is 3.81. The molecule has 4 aromatic rings. The first-order chi connectivity index (χ1) is 16.8. The summed E-state index contributed by atoms with van der Waals surface area (Å²) in [7, 11) is 4.03. The van der Waals surface area contributed by atoms with Gasteiger partial charge in [0, 0.05) is 18.0 Å². The van der Waals surface area contributed by atoms with E-state index < -0.39 is 22.6 Å². The summed E-state index contributed by atoms with van der Waals surface area (Å²) in [5.41, 5.74) is 0.892. The quantitative estimate of drug-likeness (QED) is 0.236. The predicted molar refractivity (Wildman–Crippen MR) is 125 cm³/mol. The maximum absolute atomic E-state index is 13.5. The van der Waals surface area contributed by atoms with Gasteiger partial charge in [-0.1, -0.05) is 6.07 Å². The number of nitrogens with zero attached hydrogens (tertiary/aromatic N) is 1. The number of nitro benzene ring substituents is 1. The Morgan fingerprint density at radius 1 is 1.03 bits per heavy atom. The Morgan fingerprint density at radius 2 is 1.71 bits per heavy atom. The lowest BCUT2D eigenvalue weighted by molar-refractivity contribution is -0.384. The molecule has 0 saturated carbocycles. The van der Waals surface area contributed by atoms with Crippen molar-refractivity contribution in [2.75, 3.05) is 21.3 Å². The SMILES string of the molecule is CNC(=O)c1c(-c2ccc(F)cc2)oc2cc([N+](=O)[O-])c(-c3ccc(OC)c(C(=O)OC)c3)cc12. The number of nitrogens with one attached hydrogen (secondary N) is 1. The van der Waals surface area contributed by atoms with E-state index >= 15 is 0 Å². The Morgan fingerprint density at radius 3 is 2.31 bits per heavy atom. The van der Waals surface area contributed by atoms with E-state index in [9.17, 15) is 24.1 Å². The zero-order valence-electron chi connectivity index (χ0n) is 18.9. The monoisotopic (exact) mass is 478 g/mol. The van der Waals surface area contributed by atoms with Gasteiger partial charge in [0.15, 0.2) is 0 Å². The van der Waals surface area contributed by atoms with Gasteiger partial charge in [0.2, 0.25) is 0 Å². The number of amides is 1. The van der Waals surface area contributed by atoms with Gasteiger partial charge in [-0.2, -0.15) is 0 Å². The Kier molecular flexibility index (Phi) is 6.20. The first kappa shape index (κ1) is 23.4. The van der Waals surface area contributed by atoms with Crippen molar-refractivity contribution in [3.8, 4) is 28.2 Å². The van der Waals surface area contributed by atoms with Crippen LogP contribution in [0.25, 0.3) is 33.4 Å². The van der Waals surface area contributed by atoms with Crippen LogP contribution in [-0.4, -0.2) is 38.1 Å². The van der Waals surface area contributed by atoms with Crippen molar-refractivity contribution >= 4 is 28.5 Å². The van der Waals surface area contributed by atoms with Crippen molar-refractivity contribution in [2.45, 2.75) is 0 Å². The second-order valence-electron chi connectivity index (χ2n) is 7.42. The summed E-state index contributed by atoms with van der Waals surface area (Å²) in [4.78, 5) is 36.4. The Balaban J connectivity index is 2.03. The molecule has 0 atom stereocenters. The van der Waals surface area contributed by atoms with Crippen LogP contribution in [0.5, 0.6) is 5.75 Å².